The molecule has 3 aromatic carbocycles. The van der Waals surface area contributed by atoms with E-state index >= 15 is 0 Å². The number of benzene rings is 3. The highest BCUT2D eigenvalue weighted by Crippen LogP contribution is 2.38. The SMILES string of the molecule is CC1=C(c2cccc(C)c2)C(C)C=C1[Si](c1ccccc1)c1ccccc1. The Morgan fingerprint density at radius 2 is 1.30 bits per heavy atom. The van der Waals surface area contributed by atoms with Crippen molar-refractivity contribution >= 4 is 24.7 Å². The average Bonchev–Trinajstić information content (AvgIpc) is 2.98. The molecular formula is C26H25Si. The van der Waals surface area contributed by atoms with Crippen LogP contribution in [0, 0.1) is 12.8 Å². The number of rotatable bonds is 4. The van der Waals surface area contributed by atoms with Crippen molar-refractivity contribution in [3.8, 4) is 0 Å². The lowest BCUT2D eigenvalue weighted by Crippen LogP contribution is -2.44. The van der Waals surface area contributed by atoms with Crippen LogP contribution < -0.4 is 10.4 Å². The van der Waals surface area contributed by atoms with Gasteiger partial charge in [-0.15, -0.1) is 0 Å². The molecule has 1 heteroatoms. The second-order valence-corrected chi connectivity index (χ2v) is 9.83. The third-order valence-corrected chi connectivity index (χ3v) is 8.31. The molecule has 3 aromatic rings. The molecule has 1 radical (unpaired) electrons. The van der Waals surface area contributed by atoms with E-state index in [2.05, 4.69) is 112 Å². The fourth-order valence-corrected chi connectivity index (χ4v) is 7.13. The molecule has 0 aliphatic heterocycles. The molecule has 0 saturated carbocycles. The van der Waals surface area contributed by atoms with Gasteiger partial charge in [0.2, 0.25) is 0 Å². The molecule has 4 rings (SSSR count). The maximum absolute atomic E-state index is 2.52. The number of aryl methyl sites for hydroxylation is 1. The van der Waals surface area contributed by atoms with Crippen LogP contribution in [-0.4, -0.2) is 8.80 Å². The van der Waals surface area contributed by atoms with Crippen molar-refractivity contribution in [3.63, 3.8) is 0 Å². The quantitative estimate of drug-likeness (QED) is 0.558. The summed E-state index contributed by atoms with van der Waals surface area (Å²) in [4.78, 5) is 0. The Hall–Kier alpha value is -2.64. The predicted molar refractivity (Wildman–Crippen MR) is 119 cm³/mol. The van der Waals surface area contributed by atoms with E-state index in [1.54, 1.807) is 5.20 Å². The number of hydrogen-bond acceptors (Lipinski definition) is 0. The van der Waals surface area contributed by atoms with E-state index in [9.17, 15) is 0 Å². The highest BCUT2D eigenvalue weighted by atomic mass is 28.3. The number of allylic oxidation sites excluding steroid dienone is 4. The van der Waals surface area contributed by atoms with Crippen molar-refractivity contribution in [3.05, 3.63) is 113 Å². The highest BCUT2D eigenvalue weighted by molar-refractivity contribution is 6.91. The van der Waals surface area contributed by atoms with Crippen molar-refractivity contribution in [2.75, 3.05) is 0 Å². The summed E-state index contributed by atoms with van der Waals surface area (Å²) in [5.74, 6) is 0.453. The summed E-state index contributed by atoms with van der Waals surface area (Å²) < 4.78 is 0. The molecular weight excluding hydrogens is 340 g/mol. The van der Waals surface area contributed by atoms with Crippen LogP contribution in [0.2, 0.25) is 0 Å². The first-order valence-corrected chi connectivity index (χ1v) is 11.1. The largest absolute Gasteiger partial charge is 0.154 e. The fraction of sp³-hybridized carbons (Fsp3) is 0.154. The lowest BCUT2D eigenvalue weighted by atomic mass is 9.94. The Kier molecular flexibility index (Phi) is 4.96. The van der Waals surface area contributed by atoms with Crippen molar-refractivity contribution < 1.29 is 0 Å². The van der Waals surface area contributed by atoms with Gasteiger partial charge in [0.15, 0.2) is 8.80 Å². The van der Waals surface area contributed by atoms with Crippen LogP contribution in [0.25, 0.3) is 5.57 Å². The van der Waals surface area contributed by atoms with Crippen molar-refractivity contribution in [2.24, 2.45) is 5.92 Å². The Labute approximate surface area is 164 Å². The van der Waals surface area contributed by atoms with Gasteiger partial charge in [-0.25, -0.2) is 0 Å². The van der Waals surface area contributed by atoms with Crippen molar-refractivity contribution in [2.45, 2.75) is 20.8 Å². The Morgan fingerprint density at radius 3 is 1.85 bits per heavy atom. The predicted octanol–water partition coefficient (Wildman–Crippen LogP) is 5.19. The third kappa shape index (κ3) is 3.48. The molecule has 133 valence electrons. The maximum Gasteiger partial charge on any atom is 0.154 e. The van der Waals surface area contributed by atoms with Crippen LogP contribution in [0.1, 0.15) is 25.0 Å². The molecule has 1 aliphatic rings. The first-order valence-electron chi connectivity index (χ1n) is 9.63. The van der Waals surface area contributed by atoms with E-state index < -0.39 is 8.80 Å². The summed E-state index contributed by atoms with van der Waals surface area (Å²) in [5.41, 5.74) is 5.65. The van der Waals surface area contributed by atoms with Crippen LogP contribution in [0.15, 0.2) is 102 Å². The second kappa shape index (κ2) is 7.54. The lowest BCUT2D eigenvalue weighted by molar-refractivity contribution is 0.977. The molecule has 1 unspecified atom stereocenters. The van der Waals surface area contributed by atoms with E-state index in [4.69, 9.17) is 0 Å². The maximum atomic E-state index is 2.52. The summed E-state index contributed by atoms with van der Waals surface area (Å²) in [7, 11) is -1.00. The Bertz CT molecular complexity index is 957. The molecule has 0 nitrogen and oxygen atoms in total. The minimum atomic E-state index is -1.00. The Morgan fingerprint density at radius 1 is 0.704 bits per heavy atom. The summed E-state index contributed by atoms with van der Waals surface area (Å²) in [5, 5.41) is 4.45. The van der Waals surface area contributed by atoms with Gasteiger partial charge in [0.05, 0.1) is 0 Å². The molecule has 27 heavy (non-hydrogen) atoms. The van der Waals surface area contributed by atoms with E-state index in [0.717, 1.165) is 0 Å². The normalized spacial score (nSPS) is 16.7. The van der Waals surface area contributed by atoms with Gasteiger partial charge in [-0.05, 0) is 30.6 Å². The zero-order valence-electron chi connectivity index (χ0n) is 16.2. The minimum Gasteiger partial charge on any atom is -0.0771 e. The molecule has 0 aromatic heterocycles. The molecule has 1 atom stereocenters. The van der Waals surface area contributed by atoms with Crippen LogP contribution in [0.3, 0.4) is 0 Å². The van der Waals surface area contributed by atoms with Gasteiger partial charge in [-0.3, -0.25) is 0 Å². The Balaban J connectivity index is 1.85. The van der Waals surface area contributed by atoms with Gasteiger partial charge in [0.25, 0.3) is 0 Å². The zero-order valence-corrected chi connectivity index (χ0v) is 17.2. The highest BCUT2D eigenvalue weighted by Gasteiger charge is 2.30. The number of hydrogen-bond donors (Lipinski definition) is 0. The van der Waals surface area contributed by atoms with Gasteiger partial charge >= 0.3 is 0 Å². The molecule has 0 amide bonds. The van der Waals surface area contributed by atoms with Gasteiger partial charge in [-0.2, -0.15) is 0 Å². The van der Waals surface area contributed by atoms with Crippen LogP contribution in [0.5, 0.6) is 0 Å². The average molecular weight is 366 g/mol. The minimum absolute atomic E-state index is 0.453. The molecule has 0 spiro atoms. The summed E-state index contributed by atoms with van der Waals surface area (Å²) in [6.07, 6.45) is 2.52. The molecule has 0 saturated heterocycles. The van der Waals surface area contributed by atoms with E-state index in [0.29, 0.717) is 5.92 Å². The van der Waals surface area contributed by atoms with Gasteiger partial charge in [-0.1, -0.05) is 119 Å². The molecule has 1 aliphatic carbocycles. The first kappa shape index (κ1) is 17.8. The van der Waals surface area contributed by atoms with Gasteiger partial charge < -0.3 is 0 Å². The summed E-state index contributed by atoms with van der Waals surface area (Å²) in [6.45, 7) is 6.84. The molecule has 0 N–H and O–H groups in total. The summed E-state index contributed by atoms with van der Waals surface area (Å²) in [6, 6.07) is 31.0. The summed E-state index contributed by atoms with van der Waals surface area (Å²) >= 11 is 0. The molecule has 0 heterocycles. The van der Waals surface area contributed by atoms with E-state index in [1.165, 1.54) is 32.6 Å². The van der Waals surface area contributed by atoms with E-state index in [-0.39, 0.29) is 0 Å². The smallest absolute Gasteiger partial charge is 0.0771 e. The molecule has 0 fully saturated rings. The van der Waals surface area contributed by atoms with Gasteiger partial charge in [0.1, 0.15) is 0 Å². The lowest BCUT2D eigenvalue weighted by Gasteiger charge is -2.19. The standard InChI is InChI=1S/C26H25Si/c1-19-11-10-12-22(17-19)26-20(2)18-25(21(26)3)27(23-13-6-4-7-14-23)24-15-8-5-9-16-24/h4-18,20H,1-3H3. The van der Waals surface area contributed by atoms with Gasteiger partial charge in [0, 0.05) is 5.92 Å². The first-order chi connectivity index (χ1) is 13.1. The topological polar surface area (TPSA) is 0 Å². The van der Waals surface area contributed by atoms with Crippen LogP contribution in [-0.2, 0) is 0 Å². The van der Waals surface area contributed by atoms with Crippen LogP contribution >= 0.6 is 0 Å². The second-order valence-electron chi connectivity index (χ2n) is 7.38. The van der Waals surface area contributed by atoms with E-state index in [1.807, 2.05) is 0 Å². The molecule has 0 bridgehead atoms. The van der Waals surface area contributed by atoms with Crippen LogP contribution in [0.4, 0.5) is 0 Å². The monoisotopic (exact) mass is 365 g/mol. The third-order valence-electron chi connectivity index (χ3n) is 5.40. The van der Waals surface area contributed by atoms with Crippen molar-refractivity contribution in [1.82, 2.24) is 0 Å². The zero-order chi connectivity index (χ0) is 18.8. The van der Waals surface area contributed by atoms with Crippen molar-refractivity contribution in [1.29, 1.82) is 0 Å². The fourth-order valence-electron chi connectivity index (χ4n) is 4.20.